The SMILES string of the molecule is COCCCN1C(=O)C(=O)C(=C(O)c2ccc(OCc3ccccc3C)cc2)C1c1ccc(OCc2ccccc2)c(OC)c1. The van der Waals surface area contributed by atoms with Gasteiger partial charge in [0.05, 0.1) is 18.7 Å². The number of carbonyl (C=O) groups is 2. The average molecular weight is 608 g/mol. The van der Waals surface area contributed by atoms with Crippen molar-refractivity contribution >= 4 is 17.4 Å². The van der Waals surface area contributed by atoms with E-state index in [0.717, 1.165) is 16.7 Å². The molecule has 1 aliphatic heterocycles. The predicted molar refractivity (Wildman–Crippen MR) is 171 cm³/mol. The minimum atomic E-state index is -0.837. The fourth-order valence-electron chi connectivity index (χ4n) is 5.34. The minimum Gasteiger partial charge on any atom is -0.507 e. The van der Waals surface area contributed by atoms with Crippen LogP contribution in [0, 0.1) is 6.92 Å². The molecule has 8 nitrogen and oxygen atoms in total. The van der Waals surface area contributed by atoms with E-state index in [1.807, 2.05) is 61.5 Å². The highest BCUT2D eigenvalue weighted by atomic mass is 16.5. The number of aryl methyl sites for hydroxylation is 1. The number of ketones is 1. The summed E-state index contributed by atoms with van der Waals surface area (Å²) < 4.78 is 22.8. The summed E-state index contributed by atoms with van der Waals surface area (Å²) in [6, 6.07) is 29.0. The first-order chi connectivity index (χ1) is 21.9. The first kappa shape index (κ1) is 31.3. The lowest BCUT2D eigenvalue weighted by Crippen LogP contribution is -2.31. The van der Waals surface area contributed by atoms with Crippen molar-refractivity contribution in [2.45, 2.75) is 32.6 Å². The van der Waals surface area contributed by atoms with Crippen molar-refractivity contribution in [3.8, 4) is 17.2 Å². The predicted octanol–water partition coefficient (Wildman–Crippen LogP) is 6.62. The number of rotatable bonds is 13. The van der Waals surface area contributed by atoms with Gasteiger partial charge in [-0.05, 0) is 72.0 Å². The third kappa shape index (κ3) is 7.19. The Balaban J connectivity index is 1.45. The third-order valence-electron chi connectivity index (χ3n) is 7.81. The molecule has 5 rings (SSSR count). The lowest BCUT2D eigenvalue weighted by molar-refractivity contribution is -0.140. The number of nitrogens with zero attached hydrogens (tertiary/aromatic N) is 1. The number of amides is 1. The molecule has 8 heteroatoms. The maximum absolute atomic E-state index is 13.5. The average Bonchev–Trinajstić information content (AvgIpc) is 3.32. The van der Waals surface area contributed by atoms with E-state index in [-0.39, 0.29) is 17.9 Å². The van der Waals surface area contributed by atoms with Crippen LogP contribution in [0.15, 0.2) is 103 Å². The number of aliphatic hydroxyl groups is 1. The van der Waals surface area contributed by atoms with Gasteiger partial charge in [-0.2, -0.15) is 0 Å². The van der Waals surface area contributed by atoms with Gasteiger partial charge in [0.2, 0.25) is 0 Å². The topological polar surface area (TPSA) is 94.5 Å². The largest absolute Gasteiger partial charge is 0.507 e. The van der Waals surface area contributed by atoms with Crippen molar-refractivity contribution in [1.29, 1.82) is 0 Å². The molecule has 1 atom stereocenters. The molecule has 45 heavy (non-hydrogen) atoms. The number of aliphatic hydroxyl groups excluding tert-OH is 1. The van der Waals surface area contributed by atoms with Gasteiger partial charge >= 0.3 is 0 Å². The summed E-state index contributed by atoms with van der Waals surface area (Å²) in [6.45, 7) is 3.45. The van der Waals surface area contributed by atoms with Crippen molar-refractivity contribution in [2.75, 3.05) is 27.4 Å². The maximum Gasteiger partial charge on any atom is 0.295 e. The molecule has 0 aliphatic carbocycles. The third-order valence-corrected chi connectivity index (χ3v) is 7.81. The summed E-state index contributed by atoms with van der Waals surface area (Å²) in [6.07, 6.45) is 0.516. The van der Waals surface area contributed by atoms with E-state index >= 15 is 0 Å². The van der Waals surface area contributed by atoms with Crippen molar-refractivity contribution < 1.29 is 33.6 Å². The number of hydrogen-bond acceptors (Lipinski definition) is 7. The molecule has 1 aliphatic rings. The number of benzene rings is 4. The van der Waals surface area contributed by atoms with Gasteiger partial charge in [0.15, 0.2) is 11.5 Å². The van der Waals surface area contributed by atoms with Crippen LogP contribution in [0.25, 0.3) is 5.76 Å². The van der Waals surface area contributed by atoms with Crippen LogP contribution in [0.2, 0.25) is 0 Å². The summed E-state index contributed by atoms with van der Waals surface area (Å²) in [5, 5.41) is 11.5. The van der Waals surface area contributed by atoms with Crippen LogP contribution in [0.5, 0.6) is 17.2 Å². The first-order valence-corrected chi connectivity index (χ1v) is 14.8. The molecule has 4 aromatic carbocycles. The molecule has 0 aromatic heterocycles. The fourth-order valence-corrected chi connectivity index (χ4v) is 5.34. The molecule has 1 heterocycles. The highest BCUT2D eigenvalue weighted by Crippen LogP contribution is 2.42. The lowest BCUT2D eigenvalue weighted by atomic mass is 9.95. The van der Waals surface area contributed by atoms with Crippen LogP contribution in [0.4, 0.5) is 0 Å². The Hall–Kier alpha value is -5.08. The van der Waals surface area contributed by atoms with Crippen molar-refractivity contribution in [3.63, 3.8) is 0 Å². The molecular weight excluding hydrogens is 570 g/mol. The van der Waals surface area contributed by atoms with E-state index in [2.05, 4.69) is 0 Å². The van der Waals surface area contributed by atoms with E-state index in [0.29, 0.717) is 54.6 Å². The molecule has 0 bridgehead atoms. The molecule has 0 spiro atoms. The van der Waals surface area contributed by atoms with Crippen LogP contribution in [-0.4, -0.2) is 49.1 Å². The van der Waals surface area contributed by atoms with Crippen molar-refractivity contribution in [3.05, 3.63) is 130 Å². The molecule has 1 fully saturated rings. The molecule has 1 N–H and O–H groups in total. The van der Waals surface area contributed by atoms with E-state index in [1.165, 1.54) is 12.0 Å². The van der Waals surface area contributed by atoms with Gasteiger partial charge < -0.3 is 29.0 Å². The standard InChI is InChI=1S/C37H37NO7/c1-25-10-7-8-13-29(25)24-44-30-17-14-27(15-18-30)35(39)33-34(38(20-9-21-42-2)37(41)36(33)40)28-16-19-31(32(22-28)43-3)45-23-26-11-5-4-6-12-26/h4-8,10-19,22,34,39H,9,20-21,23-24H2,1-3H3. The Morgan fingerprint density at radius 2 is 1.56 bits per heavy atom. The second kappa shape index (κ2) is 14.6. The number of Topliss-reactive ketones (excluding diaryl/α,β-unsaturated/α-hetero) is 1. The van der Waals surface area contributed by atoms with Crippen LogP contribution in [-0.2, 0) is 27.5 Å². The zero-order chi connectivity index (χ0) is 31.8. The molecule has 1 amide bonds. The second-order valence-electron chi connectivity index (χ2n) is 10.8. The lowest BCUT2D eigenvalue weighted by Gasteiger charge is -2.26. The van der Waals surface area contributed by atoms with Crippen molar-refractivity contribution in [1.82, 2.24) is 4.90 Å². The summed E-state index contributed by atoms with van der Waals surface area (Å²) in [5.41, 5.74) is 4.22. The van der Waals surface area contributed by atoms with E-state index < -0.39 is 17.7 Å². The number of methoxy groups -OCH3 is 2. The summed E-state index contributed by atoms with van der Waals surface area (Å²) >= 11 is 0. The van der Waals surface area contributed by atoms with Gasteiger partial charge in [0.25, 0.3) is 11.7 Å². The van der Waals surface area contributed by atoms with E-state index in [1.54, 1.807) is 49.6 Å². The molecule has 1 unspecified atom stereocenters. The quantitative estimate of drug-likeness (QED) is 0.0790. The first-order valence-electron chi connectivity index (χ1n) is 14.8. The normalized spacial score (nSPS) is 15.7. The van der Waals surface area contributed by atoms with Crippen LogP contribution in [0.1, 0.15) is 40.3 Å². The Kier molecular flexibility index (Phi) is 10.2. The molecule has 1 saturated heterocycles. The Labute approximate surface area is 263 Å². The molecule has 232 valence electrons. The van der Waals surface area contributed by atoms with Gasteiger partial charge in [-0.25, -0.2) is 0 Å². The monoisotopic (exact) mass is 607 g/mol. The number of carbonyl (C=O) groups excluding carboxylic acids is 2. The van der Waals surface area contributed by atoms with Crippen LogP contribution < -0.4 is 14.2 Å². The van der Waals surface area contributed by atoms with Gasteiger partial charge in [-0.1, -0.05) is 60.7 Å². The van der Waals surface area contributed by atoms with Gasteiger partial charge in [-0.15, -0.1) is 0 Å². The van der Waals surface area contributed by atoms with E-state index in [9.17, 15) is 14.7 Å². The number of hydrogen-bond donors (Lipinski definition) is 1. The number of ether oxygens (including phenoxy) is 4. The van der Waals surface area contributed by atoms with Gasteiger partial charge in [0, 0.05) is 25.8 Å². The Bertz CT molecular complexity index is 1660. The Morgan fingerprint density at radius 3 is 2.27 bits per heavy atom. The highest BCUT2D eigenvalue weighted by molar-refractivity contribution is 6.46. The van der Waals surface area contributed by atoms with Crippen molar-refractivity contribution in [2.24, 2.45) is 0 Å². The van der Waals surface area contributed by atoms with Crippen LogP contribution in [0.3, 0.4) is 0 Å². The van der Waals surface area contributed by atoms with E-state index in [4.69, 9.17) is 18.9 Å². The smallest absolute Gasteiger partial charge is 0.295 e. The maximum atomic E-state index is 13.5. The fraction of sp³-hybridized carbons (Fsp3) is 0.243. The van der Waals surface area contributed by atoms with Gasteiger partial charge in [-0.3, -0.25) is 9.59 Å². The molecule has 4 aromatic rings. The molecule has 0 radical (unpaired) electrons. The molecule has 0 saturated carbocycles. The highest BCUT2D eigenvalue weighted by Gasteiger charge is 2.46. The minimum absolute atomic E-state index is 0.00556. The zero-order valence-electron chi connectivity index (χ0n) is 25.7. The summed E-state index contributed by atoms with van der Waals surface area (Å²) in [5.74, 6) is -0.121. The summed E-state index contributed by atoms with van der Waals surface area (Å²) in [7, 11) is 3.12. The Morgan fingerprint density at radius 1 is 0.822 bits per heavy atom. The van der Waals surface area contributed by atoms with Gasteiger partial charge in [0.1, 0.15) is 24.7 Å². The number of likely N-dealkylation sites (tertiary alicyclic amines) is 1. The zero-order valence-corrected chi connectivity index (χ0v) is 25.7. The molecular formula is C37H37NO7. The van der Waals surface area contributed by atoms with Crippen LogP contribution >= 0.6 is 0 Å². The second-order valence-corrected chi connectivity index (χ2v) is 10.8. The summed E-state index contributed by atoms with van der Waals surface area (Å²) in [4.78, 5) is 28.3.